The van der Waals surface area contributed by atoms with Crippen molar-refractivity contribution in [2.45, 2.75) is 19.8 Å². The minimum atomic E-state index is -0.931. The molecule has 2 aromatic carbocycles. The fourth-order valence-electron chi connectivity index (χ4n) is 3.04. The summed E-state index contributed by atoms with van der Waals surface area (Å²) in [4.78, 5) is 35.8. The molecule has 0 saturated heterocycles. The molecule has 29 heavy (non-hydrogen) atoms. The molecule has 0 saturated carbocycles. The van der Waals surface area contributed by atoms with Gasteiger partial charge in [0.05, 0.1) is 12.7 Å². The summed E-state index contributed by atoms with van der Waals surface area (Å²) in [6.07, 6.45) is 0.155. The van der Waals surface area contributed by atoms with E-state index in [-0.39, 0.29) is 24.1 Å². The highest BCUT2D eigenvalue weighted by Crippen LogP contribution is 2.24. The van der Waals surface area contributed by atoms with Crippen LogP contribution in [0.4, 0.5) is 10.1 Å². The minimum absolute atomic E-state index is 0.00343. The van der Waals surface area contributed by atoms with Gasteiger partial charge in [-0.25, -0.2) is 9.18 Å². The van der Waals surface area contributed by atoms with Crippen LogP contribution in [-0.2, 0) is 11.2 Å². The monoisotopic (exact) mass is 398 g/mol. The molecule has 1 aromatic heterocycles. The SMILES string of the molecule is COc1ccc2c(C)c(CCC(=O)Nc3ccc(F)c(C(N)=O)c3)c(=O)oc2c1. The zero-order valence-corrected chi connectivity index (χ0v) is 15.9. The fraction of sp³-hybridized carbons (Fsp3) is 0.190. The highest BCUT2D eigenvalue weighted by Gasteiger charge is 2.15. The topological polar surface area (TPSA) is 112 Å². The first-order valence-electron chi connectivity index (χ1n) is 8.79. The Labute approximate surface area is 165 Å². The Kier molecular flexibility index (Phi) is 5.63. The van der Waals surface area contributed by atoms with Crippen molar-refractivity contribution in [3.63, 3.8) is 0 Å². The third-order valence-electron chi connectivity index (χ3n) is 4.61. The van der Waals surface area contributed by atoms with E-state index in [1.807, 2.05) is 0 Å². The molecule has 0 unspecified atom stereocenters. The van der Waals surface area contributed by atoms with Crippen molar-refractivity contribution < 1.29 is 23.1 Å². The van der Waals surface area contributed by atoms with Crippen molar-refractivity contribution in [1.29, 1.82) is 0 Å². The second-order valence-corrected chi connectivity index (χ2v) is 6.46. The van der Waals surface area contributed by atoms with Crippen molar-refractivity contribution in [1.82, 2.24) is 0 Å². The lowest BCUT2D eigenvalue weighted by molar-refractivity contribution is -0.116. The molecule has 0 fully saturated rings. The summed E-state index contributed by atoms with van der Waals surface area (Å²) in [5, 5.41) is 3.32. The standard InChI is InChI=1S/C21H19FN2O5/c1-11-14-5-4-13(28-2)10-18(14)29-21(27)15(11)6-8-19(25)24-12-3-7-17(22)16(9-12)20(23)26/h3-5,7,9-10H,6,8H2,1-2H3,(H2,23,26)(H,24,25). The minimum Gasteiger partial charge on any atom is -0.497 e. The second kappa shape index (κ2) is 8.14. The molecule has 0 radical (unpaired) electrons. The maximum Gasteiger partial charge on any atom is 0.339 e. The molecule has 150 valence electrons. The fourth-order valence-corrected chi connectivity index (χ4v) is 3.04. The van der Waals surface area contributed by atoms with Crippen LogP contribution >= 0.6 is 0 Å². The smallest absolute Gasteiger partial charge is 0.339 e. The highest BCUT2D eigenvalue weighted by atomic mass is 19.1. The number of rotatable bonds is 6. The molecular weight excluding hydrogens is 379 g/mol. The molecule has 0 bridgehead atoms. The largest absolute Gasteiger partial charge is 0.497 e. The number of halogens is 1. The molecule has 3 aromatic rings. The Balaban J connectivity index is 1.77. The van der Waals surface area contributed by atoms with Crippen molar-refractivity contribution in [3.05, 3.63) is 69.3 Å². The first-order chi connectivity index (χ1) is 13.8. The van der Waals surface area contributed by atoms with Crippen LogP contribution in [0.5, 0.6) is 5.75 Å². The van der Waals surface area contributed by atoms with E-state index < -0.39 is 23.3 Å². The van der Waals surface area contributed by atoms with Gasteiger partial charge in [0.2, 0.25) is 5.91 Å². The lowest BCUT2D eigenvalue weighted by atomic mass is 10.0. The van der Waals surface area contributed by atoms with Gasteiger partial charge in [0.1, 0.15) is 17.1 Å². The van der Waals surface area contributed by atoms with E-state index in [9.17, 15) is 18.8 Å². The summed E-state index contributed by atoms with van der Waals surface area (Å²) < 4.78 is 24.0. The molecule has 0 aliphatic rings. The molecule has 2 amide bonds. The van der Waals surface area contributed by atoms with Gasteiger partial charge in [-0.05, 0) is 49.2 Å². The predicted molar refractivity (Wildman–Crippen MR) is 106 cm³/mol. The van der Waals surface area contributed by atoms with Gasteiger partial charge in [-0.3, -0.25) is 9.59 Å². The lowest BCUT2D eigenvalue weighted by Gasteiger charge is -2.10. The molecule has 0 spiro atoms. The number of methoxy groups -OCH3 is 1. The maximum atomic E-state index is 13.5. The van der Waals surface area contributed by atoms with Gasteiger partial charge in [0.25, 0.3) is 5.91 Å². The number of hydrogen-bond donors (Lipinski definition) is 2. The van der Waals surface area contributed by atoms with E-state index in [0.717, 1.165) is 17.0 Å². The number of primary amides is 1. The van der Waals surface area contributed by atoms with Gasteiger partial charge in [0.15, 0.2) is 0 Å². The number of benzene rings is 2. The van der Waals surface area contributed by atoms with Gasteiger partial charge in [-0.2, -0.15) is 0 Å². The van der Waals surface area contributed by atoms with Crippen LogP contribution in [0.15, 0.2) is 45.6 Å². The van der Waals surface area contributed by atoms with E-state index >= 15 is 0 Å². The first-order valence-corrected chi connectivity index (χ1v) is 8.79. The number of hydrogen-bond acceptors (Lipinski definition) is 5. The Morgan fingerprint density at radius 2 is 1.97 bits per heavy atom. The van der Waals surface area contributed by atoms with Crippen molar-refractivity contribution >= 4 is 28.5 Å². The number of carbonyl (C=O) groups excluding carboxylic acids is 2. The Morgan fingerprint density at radius 3 is 2.66 bits per heavy atom. The van der Waals surface area contributed by atoms with E-state index in [1.165, 1.54) is 19.2 Å². The van der Waals surface area contributed by atoms with Gasteiger partial charge in [0, 0.05) is 29.1 Å². The van der Waals surface area contributed by atoms with Crippen molar-refractivity contribution in [3.8, 4) is 5.75 Å². The summed E-state index contributed by atoms with van der Waals surface area (Å²) in [5.74, 6) is -1.53. The molecular formula is C21H19FN2O5. The normalized spacial score (nSPS) is 10.7. The number of aryl methyl sites for hydroxylation is 1. The zero-order valence-electron chi connectivity index (χ0n) is 15.9. The van der Waals surface area contributed by atoms with Crippen LogP contribution in [-0.4, -0.2) is 18.9 Å². The highest BCUT2D eigenvalue weighted by molar-refractivity contribution is 5.96. The third-order valence-corrected chi connectivity index (χ3v) is 4.61. The van der Waals surface area contributed by atoms with Gasteiger partial charge in [-0.15, -0.1) is 0 Å². The van der Waals surface area contributed by atoms with Gasteiger partial charge < -0.3 is 20.2 Å². The third kappa shape index (κ3) is 4.26. The van der Waals surface area contributed by atoms with Crippen LogP contribution < -0.4 is 21.4 Å². The summed E-state index contributed by atoms with van der Waals surface area (Å²) in [6.45, 7) is 1.79. The van der Waals surface area contributed by atoms with Crippen LogP contribution in [0.2, 0.25) is 0 Å². The molecule has 1 heterocycles. The number of carbonyl (C=O) groups is 2. The van der Waals surface area contributed by atoms with Gasteiger partial charge in [-0.1, -0.05) is 0 Å². The molecule has 3 N–H and O–H groups in total. The number of nitrogens with one attached hydrogen (secondary N) is 1. The van der Waals surface area contributed by atoms with Crippen LogP contribution in [0.1, 0.15) is 27.9 Å². The summed E-state index contributed by atoms with van der Waals surface area (Å²) in [7, 11) is 1.52. The molecule has 3 rings (SSSR count). The Morgan fingerprint density at radius 1 is 1.21 bits per heavy atom. The average Bonchev–Trinajstić information content (AvgIpc) is 2.68. The average molecular weight is 398 g/mol. The van der Waals surface area contributed by atoms with E-state index in [2.05, 4.69) is 5.32 Å². The summed E-state index contributed by atoms with van der Waals surface area (Å²) >= 11 is 0. The molecule has 0 aliphatic carbocycles. The van der Waals surface area contributed by atoms with Crippen molar-refractivity contribution in [2.24, 2.45) is 5.73 Å². The van der Waals surface area contributed by atoms with Crippen molar-refractivity contribution in [2.75, 3.05) is 12.4 Å². The van der Waals surface area contributed by atoms with Crippen LogP contribution in [0.25, 0.3) is 11.0 Å². The Bertz CT molecular complexity index is 1170. The number of fused-ring (bicyclic) bond motifs is 1. The lowest BCUT2D eigenvalue weighted by Crippen LogP contribution is -2.18. The molecule has 8 heteroatoms. The van der Waals surface area contributed by atoms with Crippen LogP contribution in [0, 0.1) is 12.7 Å². The van der Waals surface area contributed by atoms with E-state index in [4.69, 9.17) is 14.9 Å². The number of anilines is 1. The van der Waals surface area contributed by atoms with Gasteiger partial charge >= 0.3 is 5.63 Å². The Hall–Kier alpha value is -3.68. The number of nitrogens with two attached hydrogens (primary N) is 1. The summed E-state index contributed by atoms with van der Waals surface area (Å²) in [6, 6.07) is 8.72. The second-order valence-electron chi connectivity index (χ2n) is 6.46. The number of amides is 2. The zero-order chi connectivity index (χ0) is 21.1. The predicted octanol–water partition coefficient (Wildman–Crippen LogP) is 2.92. The van der Waals surface area contributed by atoms with Crippen LogP contribution in [0.3, 0.4) is 0 Å². The molecule has 7 nitrogen and oxygen atoms in total. The first kappa shape index (κ1) is 20.1. The van der Waals surface area contributed by atoms with E-state index in [0.29, 0.717) is 16.9 Å². The quantitative estimate of drug-likeness (QED) is 0.620. The molecule has 0 atom stereocenters. The number of ether oxygens (including phenoxy) is 1. The molecule has 0 aliphatic heterocycles. The van der Waals surface area contributed by atoms with E-state index in [1.54, 1.807) is 25.1 Å². The maximum absolute atomic E-state index is 13.5. The summed E-state index contributed by atoms with van der Waals surface area (Å²) in [5.41, 5.74) is 6.03.